The Morgan fingerprint density at radius 1 is 1.64 bits per heavy atom. The molecular weight excluding hydrogens is 178 g/mol. The first-order valence-electron chi connectivity index (χ1n) is 5.28. The lowest BCUT2D eigenvalue weighted by Crippen LogP contribution is -2.30. The van der Waals surface area contributed by atoms with Crippen LogP contribution in [-0.4, -0.2) is 44.7 Å². The van der Waals surface area contributed by atoms with Crippen molar-refractivity contribution >= 4 is 0 Å². The molecule has 0 radical (unpaired) electrons. The van der Waals surface area contributed by atoms with E-state index in [9.17, 15) is 0 Å². The summed E-state index contributed by atoms with van der Waals surface area (Å²) in [6.45, 7) is 6.74. The standard InChI is InChI=1S/C9H17N5/c1-3-7(2)14-5-4-8(6-14)9-10-12-13-11-9/h7-8H,3-6H2,1-2H3,(H,10,11,12,13). The van der Waals surface area contributed by atoms with Crippen molar-refractivity contribution in [3.8, 4) is 0 Å². The van der Waals surface area contributed by atoms with Crippen molar-refractivity contribution in [2.75, 3.05) is 13.1 Å². The number of rotatable bonds is 3. The van der Waals surface area contributed by atoms with E-state index < -0.39 is 0 Å². The van der Waals surface area contributed by atoms with Crippen LogP contribution in [0.15, 0.2) is 0 Å². The minimum absolute atomic E-state index is 0.475. The molecule has 0 spiro atoms. The zero-order valence-corrected chi connectivity index (χ0v) is 8.77. The average Bonchev–Trinajstić information content (AvgIpc) is 2.86. The Bertz CT molecular complexity index is 271. The second-order valence-electron chi connectivity index (χ2n) is 4.01. The first kappa shape index (κ1) is 9.58. The quantitative estimate of drug-likeness (QED) is 0.774. The molecule has 5 heteroatoms. The highest BCUT2D eigenvalue weighted by molar-refractivity contribution is 4.97. The van der Waals surface area contributed by atoms with E-state index in [1.165, 1.54) is 6.42 Å². The molecule has 1 aromatic heterocycles. The molecule has 5 nitrogen and oxygen atoms in total. The van der Waals surface area contributed by atoms with Crippen molar-refractivity contribution in [2.45, 2.75) is 38.6 Å². The van der Waals surface area contributed by atoms with Crippen molar-refractivity contribution in [1.82, 2.24) is 25.5 Å². The fourth-order valence-electron chi connectivity index (χ4n) is 2.00. The molecule has 78 valence electrons. The number of nitrogens with zero attached hydrogens (tertiary/aromatic N) is 4. The van der Waals surface area contributed by atoms with Gasteiger partial charge >= 0.3 is 0 Å². The summed E-state index contributed by atoms with van der Waals surface area (Å²) < 4.78 is 0. The summed E-state index contributed by atoms with van der Waals surface area (Å²) in [5, 5.41) is 14.2. The number of hydrogen-bond acceptors (Lipinski definition) is 4. The van der Waals surface area contributed by atoms with E-state index in [4.69, 9.17) is 0 Å². The lowest BCUT2D eigenvalue weighted by atomic mass is 10.1. The van der Waals surface area contributed by atoms with Gasteiger partial charge in [-0.25, -0.2) is 0 Å². The van der Waals surface area contributed by atoms with Gasteiger partial charge in [-0.2, -0.15) is 5.21 Å². The van der Waals surface area contributed by atoms with Gasteiger partial charge in [-0.3, -0.25) is 4.90 Å². The van der Waals surface area contributed by atoms with Crippen molar-refractivity contribution in [3.63, 3.8) is 0 Å². The van der Waals surface area contributed by atoms with Gasteiger partial charge in [-0.05, 0) is 26.3 Å². The summed E-state index contributed by atoms with van der Waals surface area (Å²) in [6, 6.07) is 0.673. The zero-order chi connectivity index (χ0) is 9.97. The van der Waals surface area contributed by atoms with Gasteiger partial charge in [0.15, 0.2) is 5.82 Å². The van der Waals surface area contributed by atoms with E-state index in [0.717, 1.165) is 25.3 Å². The lowest BCUT2D eigenvalue weighted by Gasteiger charge is -2.22. The number of likely N-dealkylation sites (tertiary alicyclic amines) is 1. The second kappa shape index (κ2) is 4.04. The Kier molecular flexibility index (Phi) is 2.77. The number of H-pyrrole nitrogens is 1. The van der Waals surface area contributed by atoms with Crippen LogP contribution < -0.4 is 0 Å². The van der Waals surface area contributed by atoms with Crippen LogP contribution in [0, 0.1) is 0 Å². The van der Waals surface area contributed by atoms with Crippen LogP contribution in [0.25, 0.3) is 0 Å². The third kappa shape index (κ3) is 1.77. The maximum atomic E-state index is 4.04. The molecule has 1 aromatic rings. The molecule has 0 amide bonds. The first-order valence-corrected chi connectivity index (χ1v) is 5.28. The molecular formula is C9H17N5. The van der Waals surface area contributed by atoms with Gasteiger partial charge in [0.25, 0.3) is 0 Å². The monoisotopic (exact) mass is 195 g/mol. The molecule has 1 aliphatic heterocycles. The third-order valence-corrected chi connectivity index (χ3v) is 3.16. The number of aromatic amines is 1. The predicted octanol–water partition coefficient (Wildman–Crippen LogP) is 0.787. The largest absolute Gasteiger partial charge is 0.300 e. The molecule has 0 aliphatic carbocycles. The minimum Gasteiger partial charge on any atom is -0.300 e. The maximum absolute atomic E-state index is 4.04. The Morgan fingerprint density at radius 2 is 2.50 bits per heavy atom. The molecule has 0 bridgehead atoms. The highest BCUT2D eigenvalue weighted by atomic mass is 15.5. The molecule has 0 aromatic carbocycles. The van der Waals surface area contributed by atoms with Gasteiger partial charge in [0.2, 0.25) is 0 Å². The summed E-state index contributed by atoms with van der Waals surface area (Å²) in [4.78, 5) is 2.50. The van der Waals surface area contributed by atoms with Crippen LogP contribution in [0.2, 0.25) is 0 Å². The number of nitrogens with one attached hydrogen (secondary N) is 1. The van der Waals surface area contributed by atoms with Gasteiger partial charge in [0.1, 0.15) is 0 Å². The number of hydrogen-bond donors (Lipinski definition) is 1. The summed E-state index contributed by atoms with van der Waals surface area (Å²) in [6.07, 6.45) is 2.36. The van der Waals surface area contributed by atoms with Crippen molar-refractivity contribution in [1.29, 1.82) is 0 Å². The molecule has 14 heavy (non-hydrogen) atoms. The second-order valence-corrected chi connectivity index (χ2v) is 4.01. The molecule has 1 N–H and O–H groups in total. The first-order chi connectivity index (χ1) is 6.81. The fourth-order valence-corrected chi connectivity index (χ4v) is 2.00. The smallest absolute Gasteiger partial charge is 0.178 e. The highest BCUT2D eigenvalue weighted by Crippen LogP contribution is 2.25. The molecule has 2 unspecified atom stereocenters. The van der Waals surface area contributed by atoms with Crippen LogP contribution in [0.5, 0.6) is 0 Å². The van der Waals surface area contributed by atoms with E-state index in [1.54, 1.807) is 0 Å². The van der Waals surface area contributed by atoms with Crippen LogP contribution in [0.3, 0.4) is 0 Å². The highest BCUT2D eigenvalue weighted by Gasteiger charge is 2.28. The molecule has 0 saturated carbocycles. The van der Waals surface area contributed by atoms with Crippen LogP contribution in [-0.2, 0) is 0 Å². The number of tetrazole rings is 1. The van der Waals surface area contributed by atoms with Crippen LogP contribution in [0.4, 0.5) is 0 Å². The SMILES string of the molecule is CCC(C)N1CCC(c2nn[nH]n2)C1. The summed E-state index contributed by atoms with van der Waals surface area (Å²) in [5.41, 5.74) is 0. The van der Waals surface area contributed by atoms with Crippen LogP contribution >= 0.6 is 0 Å². The maximum Gasteiger partial charge on any atom is 0.178 e. The van der Waals surface area contributed by atoms with Gasteiger partial charge in [-0.15, -0.1) is 10.2 Å². The molecule has 2 heterocycles. The van der Waals surface area contributed by atoms with E-state index in [2.05, 4.69) is 39.4 Å². The molecule has 2 rings (SSSR count). The van der Waals surface area contributed by atoms with E-state index in [-0.39, 0.29) is 0 Å². The summed E-state index contributed by atoms with van der Waals surface area (Å²) >= 11 is 0. The summed E-state index contributed by atoms with van der Waals surface area (Å²) in [7, 11) is 0. The zero-order valence-electron chi connectivity index (χ0n) is 8.77. The van der Waals surface area contributed by atoms with Gasteiger partial charge in [0.05, 0.1) is 0 Å². The van der Waals surface area contributed by atoms with Crippen LogP contribution in [0.1, 0.15) is 38.4 Å². The number of aromatic nitrogens is 4. The average molecular weight is 195 g/mol. The van der Waals surface area contributed by atoms with Crippen molar-refractivity contribution < 1.29 is 0 Å². The Balaban J connectivity index is 1.95. The lowest BCUT2D eigenvalue weighted by molar-refractivity contribution is 0.249. The molecule has 1 aliphatic rings. The molecule has 1 saturated heterocycles. The fraction of sp³-hybridized carbons (Fsp3) is 0.889. The minimum atomic E-state index is 0.475. The Morgan fingerprint density at radius 3 is 3.14 bits per heavy atom. The molecule has 1 fully saturated rings. The normalized spacial score (nSPS) is 25.4. The van der Waals surface area contributed by atoms with Gasteiger partial charge < -0.3 is 0 Å². The van der Waals surface area contributed by atoms with Gasteiger partial charge in [0, 0.05) is 18.5 Å². The van der Waals surface area contributed by atoms with Crippen molar-refractivity contribution in [2.24, 2.45) is 0 Å². The van der Waals surface area contributed by atoms with E-state index in [1.807, 2.05) is 0 Å². The third-order valence-electron chi connectivity index (χ3n) is 3.16. The van der Waals surface area contributed by atoms with E-state index >= 15 is 0 Å². The molecule has 2 atom stereocenters. The Labute approximate surface area is 83.9 Å². The van der Waals surface area contributed by atoms with Crippen molar-refractivity contribution in [3.05, 3.63) is 5.82 Å². The predicted molar refractivity (Wildman–Crippen MR) is 52.9 cm³/mol. The van der Waals surface area contributed by atoms with Gasteiger partial charge in [-0.1, -0.05) is 12.1 Å². The van der Waals surface area contributed by atoms with E-state index in [0.29, 0.717) is 12.0 Å². The summed E-state index contributed by atoms with van der Waals surface area (Å²) in [5.74, 6) is 1.35. The Hall–Kier alpha value is -0.970. The topological polar surface area (TPSA) is 57.7 Å².